The normalized spacial score (nSPS) is 21.4. The monoisotopic (exact) mass is 305 g/mol. The Morgan fingerprint density at radius 2 is 2.05 bits per heavy atom. The van der Waals surface area contributed by atoms with Gasteiger partial charge in [-0.15, -0.1) is 0 Å². The molecule has 1 heterocycles. The van der Waals surface area contributed by atoms with Gasteiger partial charge in [0.15, 0.2) is 0 Å². The van der Waals surface area contributed by atoms with Gasteiger partial charge in [0.05, 0.1) is 5.92 Å². The zero-order valence-corrected chi connectivity index (χ0v) is 13.7. The molecular formula is C13H27N3O3S. The molecule has 1 aliphatic rings. The van der Waals surface area contributed by atoms with Crippen LogP contribution >= 0.6 is 0 Å². The average molecular weight is 305 g/mol. The van der Waals surface area contributed by atoms with Crippen LogP contribution in [-0.4, -0.2) is 56.7 Å². The van der Waals surface area contributed by atoms with Crippen LogP contribution in [0.5, 0.6) is 0 Å². The molecule has 1 atom stereocenters. The van der Waals surface area contributed by atoms with Crippen molar-refractivity contribution in [2.45, 2.75) is 33.1 Å². The molecule has 0 radical (unpaired) electrons. The Hall–Kier alpha value is -0.660. The number of amides is 1. The molecule has 1 aliphatic heterocycles. The van der Waals surface area contributed by atoms with Crippen molar-refractivity contribution in [3.8, 4) is 0 Å². The molecule has 0 aromatic rings. The molecule has 1 unspecified atom stereocenters. The van der Waals surface area contributed by atoms with Gasteiger partial charge in [0.2, 0.25) is 5.91 Å². The fourth-order valence-corrected chi connectivity index (χ4v) is 3.42. The van der Waals surface area contributed by atoms with Crippen LogP contribution in [0.3, 0.4) is 0 Å². The highest BCUT2D eigenvalue weighted by atomic mass is 32.2. The molecule has 1 saturated heterocycles. The summed E-state index contributed by atoms with van der Waals surface area (Å²) in [7, 11) is -0.383. The van der Waals surface area contributed by atoms with E-state index in [4.69, 9.17) is 0 Å². The maximum absolute atomic E-state index is 12.1. The van der Waals surface area contributed by atoms with Crippen molar-refractivity contribution in [1.29, 1.82) is 0 Å². The number of hydrogen-bond acceptors (Lipinski definition) is 3. The van der Waals surface area contributed by atoms with E-state index in [0.717, 1.165) is 19.3 Å². The van der Waals surface area contributed by atoms with Crippen molar-refractivity contribution in [2.75, 3.05) is 33.7 Å². The first-order chi connectivity index (χ1) is 9.25. The highest BCUT2D eigenvalue weighted by Gasteiger charge is 2.33. The lowest BCUT2D eigenvalue weighted by Crippen LogP contribution is -2.48. The van der Waals surface area contributed by atoms with Crippen LogP contribution in [-0.2, 0) is 15.0 Å². The molecule has 0 bridgehead atoms. The van der Waals surface area contributed by atoms with E-state index in [1.807, 2.05) is 0 Å². The Morgan fingerprint density at radius 3 is 2.60 bits per heavy atom. The number of nitrogens with one attached hydrogen (secondary N) is 1. The van der Waals surface area contributed by atoms with E-state index in [1.165, 1.54) is 22.7 Å². The second-order valence-corrected chi connectivity index (χ2v) is 8.10. The maximum Gasteiger partial charge on any atom is 0.281 e. The van der Waals surface area contributed by atoms with Gasteiger partial charge in [0.1, 0.15) is 0 Å². The summed E-state index contributed by atoms with van der Waals surface area (Å²) in [6.07, 6.45) is 2.43. The molecule has 1 fully saturated rings. The molecule has 0 aromatic carbocycles. The number of rotatable bonds is 6. The van der Waals surface area contributed by atoms with Gasteiger partial charge in [0.25, 0.3) is 10.2 Å². The van der Waals surface area contributed by atoms with Crippen LogP contribution in [0.1, 0.15) is 33.1 Å². The summed E-state index contributed by atoms with van der Waals surface area (Å²) in [4.78, 5) is 12.1. The molecule has 1 rings (SSSR count). The van der Waals surface area contributed by atoms with E-state index in [1.54, 1.807) is 0 Å². The van der Waals surface area contributed by atoms with Crippen LogP contribution in [0.15, 0.2) is 0 Å². The first-order valence-corrected chi connectivity index (χ1v) is 8.60. The van der Waals surface area contributed by atoms with Crippen molar-refractivity contribution in [2.24, 2.45) is 11.8 Å². The Labute approximate surface area is 122 Å². The number of carbonyl (C=O) groups is 1. The lowest BCUT2D eigenvalue weighted by atomic mass is 9.98. The summed E-state index contributed by atoms with van der Waals surface area (Å²) < 4.78 is 26.8. The molecule has 0 saturated carbocycles. The van der Waals surface area contributed by atoms with Crippen molar-refractivity contribution in [3.63, 3.8) is 0 Å². The van der Waals surface area contributed by atoms with Crippen LogP contribution < -0.4 is 5.32 Å². The van der Waals surface area contributed by atoms with Crippen molar-refractivity contribution in [3.05, 3.63) is 0 Å². The van der Waals surface area contributed by atoms with Crippen molar-refractivity contribution >= 4 is 16.1 Å². The van der Waals surface area contributed by atoms with E-state index in [-0.39, 0.29) is 18.4 Å². The zero-order valence-electron chi connectivity index (χ0n) is 12.9. The predicted molar refractivity (Wildman–Crippen MR) is 79.4 cm³/mol. The van der Waals surface area contributed by atoms with Crippen molar-refractivity contribution < 1.29 is 13.2 Å². The summed E-state index contributed by atoms with van der Waals surface area (Å²) in [6.45, 7) is 5.66. The van der Waals surface area contributed by atoms with Gasteiger partial charge in [-0.1, -0.05) is 13.8 Å². The average Bonchev–Trinajstić information content (AvgIpc) is 2.38. The van der Waals surface area contributed by atoms with Gasteiger partial charge < -0.3 is 5.32 Å². The van der Waals surface area contributed by atoms with E-state index < -0.39 is 10.2 Å². The van der Waals surface area contributed by atoms with Gasteiger partial charge in [0, 0.05) is 33.7 Å². The van der Waals surface area contributed by atoms with Crippen molar-refractivity contribution in [1.82, 2.24) is 13.9 Å². The molecule has 0 spiro atoms. The quantitative estimate of drug-likeness (QED) is 0.784. The summed E-state index contributed by atoms with van der Waals surface area (Å²) in [5.41, 5.74) is 0. The predicted octanol–water partition coefficient (Wildman–Crippen LogP) is 0.667. The first kappa shape index (κ1) is 17.4. The van der Waals surface area contributed by atoms with Gasteiger partial charge >= 0.3 is 0 Å². The van der Waals surface area contributed by atoms with Gasteiger partial charge in [-0.2, -0.15) is 17.0 Å². The van der Waals surface area contributed by atoms with Gasteiger partial charge in [-0.3, -0.25) is 4.79 Å². The third-order valence-electron chi connectivity index (χ3n) is 3.56. The van der Waals surface area contributed by atoms with E-state index >= 15 is 0 Å². The molecule has 0 aromatic heterocycles. The van der Waals surface area contributed by atoms with E-state index in [9.17, 15) is 13.2 Å². The minimum absolute atomic E-state index is 0.0238. The topological polar surface area (TPSA) is 69.7 Å². The Balaban J connectivity index is 2.54. The van der Waals surface area contributed by atoms with Gasteiger partial charge in [-0.05, 0) is 25.2 Å². The standard InChI is InChI=1S/C13H27N3O3S/c1-11(2)7-8-14-13(17)12-6-5-9-16(10-12)20(18,19)15(3)4/h11-12H,5-10H2,1-4H3,(H,14,17). The third kappa shape index (κ3) is 4.71. The summed E-state index contributed by atoms with van der Waals surface area (Å²) in [5.74, 6) is 0.294. The minimum Gasteiger partial charge on any atom is -0.356 e. The molecule has 7 heteroatoms. The number of hydrogen-bond donors (Lipinski definition) is 1. The molecule has 0 aliphatic carbocycles. The maximum atomic E-state index is 12.1. The molecular weight excluding hydrogens is 278 g/mol. The van der Waals surface area contributed by atoms with Gasteiger partial charge in [-0.25, -0.2) is 0 Å². The first-order valence-electron chi connectivity index (χ1n) is 7.20. The second kappa shape index (κ2) is 7.38. The van der Waals surface area contributed by atoms with E-state index in [0.29, 0.717) is 19.0 Å². The fourth-order valence-electron chi connectivity index (χ4n) is 2.23. The van der Waals surface area contributed by atoms with E-state index in [2.05, 4.69) is 19.2 Å². The Kier molecular flexibility index (Phi) is 6.42. The summed E-state index contributed by atoms with van der Waals surface area (Å²) >= 11 is 0. The minimum atomic E-state index is -3.41. The van der Waals surface area contributed by atoms with Crippen LogP contribution in [0, 0.1) is 11.8 Å². The zero-order chi connectivity index (χ0) is 15.3. The lowest BCUT2D eigenvalue weighted by Gasteiger charge is -2.32. The molecule has 1 N–H and O–H groups in total. The highest BCUT2D eigenvalue weighted by Crippen LogP contribution is 2.20. The third-order valence-corrected chi connectivity index (χ3v) is 5.47. The number of piperidine rings is 1. The molecule has 20 heavy (non-hydrogen) atoms. The molecule has 118 valence electrons. The van der Waals surface area contributed by atoms with Crippen LogP contribution in [0.2, 0.25) is 0 Å². The second-order valence-electron chi connectivity index (χ2n) is 5.96. The summed E-state index contributed by atoms with van der Waals surface area (Å²) in [5, 5.41) is 2.91. The van der Waals surface area contributed by atoms with Crippen LogP contribution in [0.4, 0.5) is 0 Å². The Bertz CT molecular complexity index is 421. The smallest absolute Gasteiger partial charge is 0.281 e. The fraction of sp³-hybridized carbons (Fsp3) is 0.923. The summed E-state index contributed by atoms with van der Waals surface area (Å²) in [6, 6.07) is 0. The molecule has 1 amide bonds. The highest BCUT2D eigenvalue weighted by molar-refractivity contribution is 7.86. The molecule has 6 nitrogen and oxygen atoms in total. The SMILES string of the molecule is CC(C)CCNC(=O)C1CCCN(S(=O)(=O)N(C)C)C1. The number of carbonyl (C=O) groups excluding carboxylic acids is 1. The Morgan fingerprint density at radius 1 is 1.40 bits per heavy atom. The lowest BCUT2D eigenvalue weighted by molar-refractivity contribution is -0.126. The number of nitrogens with zero attached hydrogens (tertiary/aromatic N) is 2. The van der Waals surface area contributed by atoms with Crippen LogP contribution in [0.25, 0.3) is 0 Å². The largest absolute Gasteiger partial charge is 0.356 e.